The molecule has 1 heterocycles. The molecule has 5 rings (SSSR count). The minimum absolute atomic E-state index is 0.0580. The van der Waals surface area contributed by atoms with Gasteiger partial charge in [-0.05, 0) is 60.6 Å². The van der Waals surface area contributed by atoms with Crippen LogP contribution in [0.4, 0.5) is 8.78 Å². The highest BCUT2D eigenvalue weighted by Crippen LogP contribution is 2.70. The molecule has 5 atom stereocenters. The van der Waals surface area contributed by atoms with Gasteiger partial charge in [-0.2, -0.15) is 0 Å². The molecule has 3 aliphatic carbocycles. The van der Waals surface area contributed by atoms with Crippen molar-refractivity contribution in [1.29, 1.82) is 0 Å². The van der Waals surface area contributed by atoms with E-state index in [9.17, 15) is 22.0 Å². The Hall–Kier alpha value is -1.50. The van der Waals surface area contributed by atoms with Crippen LogP contribution in [0.3, 0.4) is 0 Å². The van der Waals surface area contributed by atoms with Gasteiger partial charge in [-0.3, -0.25) is 4.79 Å². The van der Waals surface area contributed by atoms with E-state index < -0.39 is 27.6 Å². The molecule has 1 amide bonds. The van der Waals surface area contributed by atoms with Crippen molar-refractivity contribution in [2.75, 3.05) is 5.75 Å². The molecule has 3 saturated carbocycles. The summed E-state index contributed by atoms with van der Waals surface area (Å²) in [6.07, 6.45) is 3.13. The average Bonchev–Trinajstić information content (AvgIpc) is 3.24. The van der Waals surface area contributed by atoms with Gasteiger partial charge in [-0.1, -0.05) is 19.9 Å². The van der Waals surface area contributed by atoms with E-state index >= 15 is 0 Å². The lowest BCUT2D eigenvalue weighted by Crippen LogP contribution is -2.44. The van der Waals surface area contributed by atoms with Gasteiger partial charge in [0.25, 0.3) is 0 Å². The Balaban J connectivity index is 1.44. The minimum Gasteiger partial charge on any atom is -0.273 e. The standard InChI is InChI=1S/C20H23F2NO3S/c1-19(2)12-5-6-20(19)10-27(25,26)23(17(20)8-12)18(24)14-9-13(14)11-3-4-15(21)16(22)7-11/h3-4,7,12-14,17H,5-6,8-10H2,1-2H3/t12?,13?,14-,17-,20-/m1/s1. The predicted molar refractivity (Wildman–Crippen MR) is 95.2 cm³/mol. The second-order valence-electron chi connectivity index (χ2n) is 9.38. The number of amides is 1. The molecular weight excluding hydrogens is 372 g/mol. The zero-order chi connectivity index (χ0) is 19.4. The fourth-order valence-corrected chi connectivity index (χ4v) is 8.91. The van der Waals surface area contributed by atoms with E-state index in [1.165, 1.54) is 10.4 Å². The number of nitrogens with zero attached hydrogens (tertiary/aromatic N) is 1. The molecule has 1 saturated heterocycles. The molecule has 27 heavy (non-hydrogen) atoms. The Kier molecular flexibility index (Phi) is 3.32. The largest absolute Gasteiger partial charge is 0.273 e. The highest BCUT2D eigenvalue weighted by Gasteiger charge is 2.73. The van der Waals surface area contributed by atoms with E-state index in [4.69, 9.17) is 0 Å². The highest BCUT2D eigenvalue weighted by atomic mass is 32.2. The van der Waals surface area contributed by atoms with Gasteiger partial charge in [0, 0.05) is 11.3 Å². The number of halogens is 2. The van der Waals surface area contributed by atoms with Gasteiger partial charge in [-0.25, -0.2) is 21.5 Å². The maximum Gasteiger partial charge on any atom is 0.240 e. The molecule has 7 heteroatoms. The fraction of sp³-hybridized carbons (Fsp3) is 0.650. The molecule has 2 bridgehead atoms. The maximum atomic E-state index is 13.5. The second-order valence-corrected chi connectivity index (χ2v) is 11.2. The van der Waals surface area contributed by atoms with Gasteiger partial charge in [0.2, 0.25) is 15.9 Å². The van der Waals surface area contributed by atoms with Crippen LogP contribution in [0, 0.1) is 34.3 Å². The van der Waals surface area contributed by atoms with Crippen molar-refractivity contribution in [2.24, 2.45) is 22.7 Å². The lowest BCUT2D eigenvalue weighted by molar-refractivity contribution is -0.130. The molecule has 146 valence electrons. The number of hydrogen-bond acceptors (Lipinski definition) is 3. The van der Waals surface area contributed by atoms with Gasteiger partial charge in [0.15, 0.2) is 11.6 Å². The van der Waals surface area contributed by atoms with Crippen LogP contribution in [0.1, 0.15) is 51.0 Å². The molecule has 1 aliphatic heterocycles. The van der Waals surface area contributed by atoms with Gasteiger partial charge in [-0.15, -0.1) is 0 Å². The molecule has 4 fully saturated rings. The summed E-state index contributed by atoms with van der Waals surface area (Å²) < 4.78 is 53.8. The average molecular weight is 395 g/mol. The maximum absolute atomic E-state index is 13.5. The monoisotopic (exact) mass is 395 g/mol. The summed E-state index contributed by atoms with van der Waals surface area (Å²) in [5.74, 6) is -2.39. The fourth-order valence-electron chi connectivity index (χ4n) is 6.32. The van der Waals surface area contributed by atoms with E-state index in [1.807, 2.05) is 0 Å². The summed E-state index contributed by atoms with van der Waals surface area (Å²) >= 11 is 0. The van der Waals surface area contributed by atoms with Crippen molar-refractivity contribution in [3.63, 3.8) is 0 Å². The lowest BCUT2D eigenvalue weighted by Gasteiger charge is -2.37. The Labute approximate surface area is 158 Å². The predicted octanol–water partition coefficient (Wildman–Crippen LogP) is 3.44. The smallest absolute Gasteiger partial charge is 0.240 e. The molecular formula is C20H23F2NO3S. The lowest BCUT2D eigenvalue weighted by atomic mass is 9.69. The Bertz CT molecular complexity index is 960. The number of rotatable bonds is 2. The number of sulfonamides is 1. The van der Waals surface area contributed by atoms with Crippen molar-refractivity contribution >= 4 is 15.9 Å². The van der Waals surface area contributed by atoms with Crippen molar-refractivity contribution in [3.8, 4) is 0 Å². The zero-order valence-electron chi connectivity index (χ0n) is 15.4. The van der Waals surface area contributed by atoms with Crippen molar-refractivity contribution in [2.45, 2.75) is 51.5 Å². The first-order chi connectivity index (χ1) is 12.6. The number of hydrogen-bond donors (Lipinski definition) is 0. The van der Waals surface area contributed by atoms with Crippen molar-refractivity contribution in [3.05, 3.63) is 35.4 Å². The third-order valence-electron chi connectivity index (χ3n) is 8.11. The Morgan fingerprint density at radius 1 is 1.19 bits per heavy atom. The summed E-state index contributed by atoms with van der Waals surface area (Å²) in [5.41, 5.74) is 0.147. The van der Waals surface area contributed by atoms with Gasteiger partial charge in [0.05, 0.1) is 11.8 Å². The number of carbonyl (C=O) groups excluding carboxylic acids is 1. The molecule has 4 nitrogen and oxygen atoms in total. The first-order valence-corrected chi connectivity index (χ1v) is 11.2. The third kappa shape index (κ3) is 2.12. The van der Waals surface area contributed by atoms with Crippen LogP contribution >= 0.6 is 0 Å². The van der Waals surface area contributed by atoms with Crippen LogP contribution in [0.2, 0.25) is 0 Å². The first kappa shape index (κ1) is 17.6. The second kappa shape index (κ2) is 5.10. The zero-order valence-corrected chi connectivity index (χ0v) is 16.2. The summed E-state index contributed by atoms with van der Waals surface area (Å²) in [7, 11) is -3.64. The summed E-state index contributed by atoms with van der Waals surface area (Å²) in [6.45, 7) is 4.30. The normalized spacial score (nSPS) is 40.2. The molecule has 0 N–H and O–H groups in total. The van der Waals surface area contributed by atoms with Gasteiger partial charge in [0.1, 0.15) is 0 Å². The van der Waals surface area contributed by atoms with E-state index in [0.29, 0.717) is 17.9 Å². The molecule has 4 aliphatic rings. The van der Waals surface area contributed by atoms with Crippen LogP contribution in [0.15, 0.2) is 18.2 Å². The van der Waals surface area contributed by atoms with Crippen LogP contribution in [-0.4, -0.2) is 30.4 Å². The number of carbonyl (C=O) groups is 1. The Morgan fingerprint density at radius 3 is 2.59 bits per heavy atom. The van der Waals surface area contributed by atoms with Crippen LogP contribution in [0.25, 0.3) is 0 Å². The van der Waals surface area contributed by atoms with E-state index in [-0.39, 0.29) is 34.4 Å². The molecule has 1 aromatic rings. The highest BCUT2D eigenvalue weighted by molar-refractivity contribution is 7.90. The van der Waals surface area contributed by atoms with Crippen molar-refractivity contribution < 1.29 is 22.0 Å². The van der Waals surface area contributed by atoms with Crippen LogP contribution in [0.5, 0.6) is 0 Å². The summed E-state index contributed by atoms with van der Waals surface area (Å²) in [6, 6.07) is 3.42. The van der Waals surface area contributed by atoms with Gasteiger partial charge >= 0.3 is 0 Å². The summed E-state index contributed by atoms with van der Waals surface area (Å²) in [4.78, 5) is 13.2. The van der Waals surface area contributed by atoms with E-state index in [2.05, 4.69) is 13.8 Å². The topological polar surface area (TPSA) is 54.5 Å². The number of benzene rings is 1. The van der Waals surface area contributed by atoms with Crippen molar-refractivity contribution in [1.82, 2.24) is 4.31 Å². The summed E-state index contributed by atoms with van der Waals surface area (Å²) in [5, 5.41) is 0. The number of fused-ring (bicyclic) bond motifs is 1. The molecule has 0 aromatic heterocycles. The van der Waals surface area contributed by atoms with Gasteiger partial charge < -0.3 is 0 Å². The minimum atomic E-state index is -3.64. The SMILES string of the molecule is CC1(C)C2CC[C@]13CS(=O)(=O)N(C(=O)[C@@H]1CC1c1ccc(F)c(F)c1)[C@@H]3C2. The van der Waals surface area contributed by atoms with E-state index in [0.717, 1.165) is 31.4 Å². The Morgan fingerprint density at radius 2 is 1.93 bits per heavy atom. The quantitative estimate of drug-likeness (QED) is 0.771. The molecule has 1 aromatic carbocycles. The molecule has 2 unspecified atom stereocenters. The third-order valence-corrected chi connectivity index (χ3v) is 10.0. The molecule has 1 spiro atoms. The van der Waals surface area contributed by atoms with Crippen LogP contribution in [-0.2, 0) is 14.8 Å². The first-order valence-electron chi connectivity index (χ1n) is 9.59. The van der Waals surface area contributed by atoms with Crippen LogP contribution < -0.4 is 0 Å². The van der Waals surface area contributed by atoms with E-state index in [1.54, 1.807) is 0 Å². The molecule has 0 radical (unpaired) electrons.